The van der Waals surface area contributed by atoms with Crippen LogP contribution in [-0.2, 0) is 9.53 Å². The van der Waals surface area contributed by atoms with Gasteiger partial charge in [-0.05, 0) is 31.5 Å². The molecule has 0 amide bonds. The molecule has 0 aliphatic carbocycles. The lowest BCUT2D eigenvalue weighted by Gasteiger charge is -2.21. The summed E-state index contributed by atoms with van der Waals surface area (Å²) in [4.78, 5) is 11.1. The predicted molar refractivity (Wildman–Crippen MR) is 66.7 cm³/mol. The number of hydrogen-bond donors (Lipinski definition) is 2. The van der Waals surface area contributed by atoms with Crippen molar-refractivity contribution in [1.82, 2.24) is 0 Å². The van der Waals surface area contributed by atoms with Crippen molar-refractivity contribution in [2.24, 2.45) is 0 Å². The first-order chi connectivity index (χ1) is 7.91. The summed E-state index contributed by atoms with van der Waals surface area (Å²) in [5.74, 6) is -1.07. The Morgan fingerprint density at radius 3 is 2.53 bits per heavy atom. The second-order valence-electron chi connectivity index (χ2n) is 3.86. The van der Waals surface area contributed by atoms with Gasteiger partial charge in [-0.15, -0.1) is 0 Å². The van der Waals surface area contributed by atoms with Crippen molar-refractivity contribution < 1.29 is 19.7 Å². The molecule has 94 valence electrons. The smallest absolute Gasteiger partial charge is 0.337 e. The van der Waals surface area contributed by atoms with Crippen molar-refractivity contribution in [3.8, 4) is 0 Å². The number of carbonyl (C=O) groups is 1. The number of benzene rings is 1. The molecule has 0 aromatic heterocycles. The Labute approximate surface area is 108 Å². The van der Waals surface area contributed by atoms with Crippen LogP contribution < -0.4 is 0 Å². The average Bonchev–Trinajstić information content (AvgIpc) is 2.24. The predicted octanol–water partition coefficient (Wildman–Crippen LogP) is 2.36. The highest BCUT2D eigenvalue weighted by molar-refractivity contribution is 9.10. The van der Waals surface area contributed by atoms with Crippen LogP contribution in [0.1, 0.15) is 25.5 Å². The number of halogens is 1. The van der Waals surface area contributed by atoms with E-state index in [1.165, 1.54) is 0 Å². The fourth-order valence-electron chi connectivity index (χ4n) is 1.28. The van der Waals surface area contributed by atoms with Crippen LogP contribution in [0.15, 0.2) is 28.7 Å². The van der Waals surface area contributed by atoms with Crippen LogP contribution in [0, 0.1) is 0 Å². The zero-order chi connectivity index (χ0) is 13.0. The molecule has 0 bridgehead atoms. The van der Waals surface area contributed by atoms with Gasteiger partial charge in [-0.25, -0.2) is 4.79 Å². The molecule has 0 saturated carbocycles. The highest BCUT2D eigenvalue weighted by Crippen LogP contribution is 2.23. The van der Waals surface area contributed by atoms with Gasteiger partial charge in [0.05, 0.1) is 12.2 Å². The minimum absolute atomic E-state index is 0.541. The molecular weight excluding hydrogens is 288 g/mol. The molecule has 1 aromatic carbocycles. The van der Waals surface area contributed by atoms with Gasteiger partial charge in [0.1, 0.15) is 0 Å². The van der Waals surface area contributed by atoms with Gasteiger partial charge in [0.2, 0.25) is 0 Å². The SMILES string of the molecule is CC(O)C(C)OC(C(=O)O)c1cccc(Br)c1. The normalized spacial score (nSPS) is 16.2. The second-order valence-corrected chi connectivity index (χ2v) is 4.77. The summed E-state index contributed by atoms with van der Waals surface area (Å²) >= 11 is 3.28. The highest BCUT2D eigenvalue weighted by atomic mass is 79.9. The van der Waals surface area contributed by atoms with Gasteiger partial charge in [-0.3, -0.25) is 0 Å². The van der Waals surface area contributed by atoms with Crippen molar-refractivity contribution in [2.45, 2.75) is 32.2 Å². The van der Waals surface area contributed by atoms with E-state index < -0.39 is 24.3 Å². The van der Waals surface area contributed by atoms with Crippen molar-refractivity contribution >= 4 is 21.9 Å². The van der Waals surface area contributed by atoms with E-state index in [4.69, 9.17) is 9.84 Å². The first-order valence-corrected chi connectivity index (χ1v) is 6.03. The summed E-state index contributed by atoms with van der Waals surface area (Å²) in [6.07, 6.45) is -2.34. The molecule has 1 rings (SSSR count). The maximum Gasteiger partial charge on any atom is 0.337 e. The van der Waals surface area contributed by atoms with Crippen molar-refractivity contribution in [1.29, 1.82) is 0 Å². The molecular formula is C12H15BrO4. The molecule has 4 nitrogen and oxygen atoms in total. The maximum atomic E-state index is 11.1. The number of ether oxygens (including phenoxy) is 1. The van der Waals surface area contributed by atoms with Gasteiger partial charge in [-0.1, -0.05) is 28.1 Å². The lowest BCUT2D eigenvalue weighted by molar-refractivity contribution is -0.158. The molecule has 1 aromatic rings. The Balaban J connectivity index is 2.90. The molecule has 0 aliphatic heterocycles. The molecule has 5 heteroatoms. The van der Waals surface area contributed by atoms with Crippen molar-refractivity contribution in [3.63, 3.8) is 0 Å². The van der Waals surface area contributed by atoms with E-state index in [1.54, 1.807) is 38.1 Å². The van der Waals surface area contributed by atoms with E-state index in [1.807, 2.05) is 0 Å². The summed E-state index contributed by atoms with van der Waals surface area (Å²) in [7, 11) is 0. The van der Waals surface area contributed by atoms with E-state index in [0.717, 1.165) is 4.47 Å². The first-order valence-electron chi connectivity index (χ1n) is 5.23. The third-order valence-corrected chi connectivity index (χ3v) is 2.90. The quantitative estimate of drug-likeness (QED) is 0.876. The van der Waals surface area contributed by atoms with Gasteiger partial charge in [0.25, 0.3) is 0 Å². The monoisotopic (exact) mass is 302 g/mol. The minimum atomic E-state index is -1.07. The maximum absolute atomic E-state index is 11.1. The number of aliphatic hydroxyl groups is 1. The van der Waals surface area contributed by atoms with Crippen LogP contribution in [0.25, 0.3) is 0 Å². The molecule has 0 fully saturated rings. The molecule has 2 N–H and O–H groups in total. The lowest BCUT2D eigenvalue weighted by atomic mass is 10.1. The standard InChI is InChI=1S/C12H15BrO4/c1-7(14)8(2)17-11(12(15)16)9-4-3-5-10(13)6-9/h3-8,11,14H,1-2H3,(H,15,16). The molecule has 0 aliphatic rings. The molecule has 3 atom stereocenters. The Morgan fingerprint density at radius 1 is 1.41 bits per heavy atom. The molecule has 0 saturated heterocycles. The number of carboxylic acids is 1. The highest BCUT2D eigenvalue weighted by Gasteiger charge is 2.24. The molecule has 0 radical (unpaired) electrons. The number of aliphatic hydroxyl groups excluding tert-OH is 1. The molecule has 17 heavy (non-hydrogen) atoms. The first kappa shape index (κ1) is 14.2. The summed E-state index contributed by atoms with van der Waals surface area (Å²) in [5, 5.41) is 18.5. The van der Waals surface area contributed by atoms with Gasteiger partial charge in [0.15, 0.2) is 6.10 Å². The number of hydrogen-bond acceptors (Lipinski definition) is 3. The zero-order valence-electron chi connectivity index (χ0n) is 9.63. The fraction of sp³-hybridized carbons (Fsp3) is 0.417. The second kappa shape index (κ2) is 6.14. The number of aliphatic carboxylic acids is 1. The van der Waals surface area contributed by atoms with Crippen molar-refractivity contribution in [2.75, 3.05) is 0 Å². The molecule has 3 unspecified atom stereocenters. The van der Waals surface area contributed by atoms with Gasteiger partial charge < -0.3 is 14.9 Å². The van der Waals surface area contributed by atoms with Gasteiger partial charge in [0, 0.05) is 4.47 Å². The Kier molecular flexibility index (Phi) is 5.11. The summed E-state index contributed by atoms with van der Waals surface area (Å²) in [5.41, 5.74) is 0.541. The zero-order valence-corrected chi connectivity index (χ0v) is 11.2. The molecule has 0 spiro atoms. The lowest BCUT2D eigenvalue weighted by Crippen LogP contribution is -2.28. The summed E-state index contributed by atoms with van der Waals surface area (Å²) in [6.45, 7) is 3.20. The van der Waals surface area contributed by atoms with E-state index in [2.05, 4.69) is 15.9 Å². The summed E-state index contributed by atoms with van der Waals surface area (Å²) < 4.78 is 6.13. The van der Waals surface area contributed by atoms with Gasteiger partial charge in [-0.2, -0.15) is 0 Å². The fourth-order valence-corrected chi connectivity index (χ4v) is 1.69. The summed E-state index contributed by atoms with van der Waals surface area (Å²) in [6, 6.07) is 6.91. The third-order valence-electron chi connectivity index (χ3n) is 2.41. The molecule has 0 heterocycles. The third kappa shape index (κ3) is 4.11. The van der Waals surface area contributed by atoms with Crippen LogP contribution in [-0.4, -0.2) is 28.4 Å². The van der Waals surface area contributed by atoms with Crippen LogP contribution in [0.2, 0.25) is 0 Å². The van der Waals surface area contributed by atoms with E-state index >= 15 is 0 Å². The van der Waals surface area contributed by atoms with Gasteiger partial charge >= 0.3 is 5.97 Å². The topological polar surface area (TPSA) is 66.8 Å². The van der Waals surface area contributed by atoms with Crippen LogP contribution in [0.4, 0.5) is 0 Å². The largest absolute Gasteiger partial charge is 0.479 e. The Bertz CT molecular complexity index is 392. The number of rotatable bonds is 5. The Hall–Kier alpha value is -0.910. The minimum Gasteiger partial charge on any atom is -0.479 e. The van der Waals surface area contributed by atoms with E-state index in [-0.39, 0.29) is 0 Å². The average molecular weight is 303 g/mol. The van der Waals surface area contributed by atoms with E-state index in [9.17, 15) is 9.90 Å². The van der Waals surface area contributed by atoms with Crippen molar-refractivity contribution in [3.05, 3.63) is 34.3 Å². The number of carboxylic acid groups (broad SMARTS) is 1. The van der Waals surface area contributed by atoms with Crippen LogP contribution in [0.5, 0.6) is 0 Å². The van der Waals surface area contributed by atoms with E-state index in [0.29, 0.717) is 5.56 Å². The van der Waals surface area contributed by atoms with Crippen LogP contribution >= 0.6 is 15.9 Å². The van der Waals surface area contributed by atoms with Crippen LogP contribution in [0.3, 0.4) is 0 Å². The Morgan fingerprint density at radius 2 is 2.06 bits per heavy atom.